The fraction of sp³-hybridized carbons (Fsp3) is 0.538. The molecule has 0 fully saturated rings. The molecule has 0 aliphatic heterocycles. The first kappa shape index (κ1) is 13.5. The fourth-order valence-electron chi connectivity index (χ4n) is 1.72. The Bertz CT molecular complexity index is 333. The van der Waals surface area contributed by atoms with Crippen LogP contribution in [0.25, 0.3) is 0 Å². The summed E-state index contributed by atoms with van der Waals surface area (Å²) < 4.78 is 0. The van der Waals surface area contributed by atoms with E-state index >= 15 is 0 Å². The van der Waals surface area contributed by atoms with Crippen molar-refractivity contribution >= 4 is 11.6 Å². The highest BCUT2D eigenvalue weighted by Gasteiger charge is 2.16. The van der Waals surface area contributed by atoms with Crippen molar-refractivity contribution in [2.75, 3.05) is 6.61 Å². The van der Waals surface area contributed by atoms with Gasteiger partial charge in [-0.15, -0.1) is 0 Å². The van der Waals surface area contributed by atoms with E-state index in [2.05, 4.69) is 26.1 Å². The fourth-order valence-corrected chi connectivity index (χ4v) is 1.93. The second kappa shape index (κ2) is 5.67. The highest BCUT2D eigenvalue weighted by atomic mass is 35.5. The molecule has 0 bridgehead atoms. The lowest BCUT2D eigenvalue weighted by molar-refractivity contribution is 0.215. The van der Waals surface area contributed by atoms with Crippen LogP contribution in [-0.2, 0) is 6.42 Å². The molecule has 3 heteroatoms. The molecule has 0 aromatic heterocycles. The van der Waals surface area contributed by atoms with Crippen LogP contribution in [0.1, 0.15) is 26.3 Å². The molecular formula is C13H20ClNO. The number of halogens is 1. The quantitative estimate of drug-likeness (QED) is 0.850. The van der Waals surface area contributed by atoms with E-state index in [0.717, 1.165) is 17.0 Å². The van der Waals surface area contributed by atoms with Crippen molar-refractivity contribution in [3.8, 4) is 0 Å². The molecule has 0 heterocycles. The number of hydrogen-bond donors (Lipinski definition) is 2. The molecule has 0 aliphatic rings. The van der Waals surface area contributed by atoms with E-state index < -0.39 is 0 Å². The highest BCUT2D eigenvalue weighted by Crippen LogP contribution is 2.13. The van der Waals surface area contributed by atoms with Crippen molar-refractivity contribution in [1.29, 1.82) is 0 Å². The Morgan fingerprint density at radius 3 is 2.56 bits per heavy atom. The van der Waals surface area contributed by atoms with Gasteiger partial charge in [0.1, 0.15) is 0 Å². The number of aliphatic hydroxyl groups excluding tert-OH is 1. The number of rotatable bonds is 4. The van der Waals surface area contributed by atoms with Crippen molar-refractivity contribution in [2.45, 2.75) is 38.8 Å². The van der Waals surface area contributed by atoms with Crippen LogP contribution in [-0.4, -0.2) is 23.3 Å². The van der Waals surface area contributed by atoms with Gasteiger partial charge >= 0.3 is 0 Å². The zero-order chi connectivity index (χ0) is 12.2. The molecule has 16 heavy (non-hydrogen) atoms. The van der Waals surface area contributed by atoms with Crippen molar-refractivity contribution in [3.63, 3.8) is 0 Å². The van der Waals surface area contributed by atoms with Crippen LogP contribution in [0.4, 0.5) is 0 Å². The van der Waals surface area contributed by atoms with Gasteiger partial charge in [-0.1, -0.05) is 23.7 Å². The second-order valence-electron chi connectivity index (χ2n) is 5.11. The first-order chi connectivity index (χ1) is 7.40. The Morgan fingerprint density at radius 2 is 2.06 bits per heavy atom. The Hall–Kier alpha value is -0.570. The third-order valence-corrected chi connectivity index (χ3v) is 2.46. The molecule has 0 radical (unpaired) electrons. The smallest absolute Gasteiger partial charge is 0.0588 e. The van der Waals surface area contributed by atoms with Gasteiger partial charge in [0, 0.05) is 16.6 Å². The summed E-state index contributed by atoms with van der Waals surface area (Å²) in [5, 5.41) is 13.4. The lowest BCUT2D eigenvalue weighted by Gasteiger charge is -2.27. The SMILES string of the molecule is CC(C)(C)N[C@@H](CO)Cc1cccc(Cl)c1. The molecule has 1 aromatic carbocycles. The molecule has 90 valence electrons. The molecule has 1 rings (SSSR count). The summed E-state index contributed by atoms with van der Waals surface area (Å²) in [6, 6.07) is 7.82. The number of aliphatic hydroxyl groups is 1. The van der Waals surface area contributed by atoms with Gasteiger partial charge in [-0.25, -0.2) is 0 Å². The third kappa shape index (κ3) is 4.97. The van der Waals surface area contributed by atoms with Crippen LogP contribution >= 0.6 is 11.6 Å². The van der Waals surface area contributed by atoms with Gasteiger partial charge in [-0.05, 0) is 44.9 Å². The van der Waals surface area contributed by atoms with Crippen molar-refractivity contribution in [2.24, 2.45) is 0 Å². The molecule has 0 aliphatic carbocycles. The average Bonchev–Trinajstić information content (AvgIpc) is 2.14. The summed E-state index contributed by atoms with van der Waals surface area (Å²) in [6.45, 7) is 6.40. The van der Waals surface area contributed by atoms with Crippen LogP contribution in [0.3, 0.4) is 0 Å². The van der Waals surface area contributed by atoms with E-state index in [1.807, 2.05) is 24.3 Å². The van der Waals surface area contributed by atoms with Crippen molar-refractivity contribution in [3.05, 3.63) is 34.9 Å². The minimum atomic E-state index is 0.00592. The third-order valence-electron chi connectivity index (χ3n) is 2.23. The van der Waals surface area contributed by atoms with Crippen LogP contribution in [0.15, 0.2) is 24.3 Å². The van der Waals surface area contributed by atoms with Crippen molar-refractivity contribution < 1.29 is 5.11 Å². The topological polar surface area (TPSA) is 32.3 Å². The molecule has 0 unspecified atom stereocenters. The summed E-state index contributed by atoms with van der Waals surface area (Å²) in [5.74, 6) is 0. The van der Waals surface area contributed by atoms with Crippen LogP contribution in [0.2, 0.25) is 5.02 Å². The minimum Gasteiger partial charge on any atom is -0.395 e. The molecular weight excluding hydrogens is 222 g/mol. The summed E-state index contributed by atoms with van der Waals surface area (Å²) in [6.07, 6.45) is 0.786. The van der Waals surface area contributed by atoms with Gasteiger partial charge in [0.15, 0.2) is 0 Å². The van der Waals surface area contributed by atoms with Crippen LogP contribution < -0.4 is 5.32 Å². The predicted molar refractivity (Wildman–Crippen MR) is 68.9 cm³/mol. The van der Waals surface area contributed by atoms with Crippen LogP contribution in [0.5, 0.6) is 0 Å². The van der Waals surface area contributed by atoms with E-state index in [9.17, 15) is 5.11 Å². The van der Waals surface area contributed by atoms with E-state index in [1.165, 1.54) is 0 Å². The average molecular weight is 242 g/mol. The largest absolute Gasteiger partial charge is 0.395 e. The second-order valence-corrected chi connectivity index (χ2v) is 5.54. The molecule has 2 nitrogen and oxygen atoms in total. The van der Waals surface area contributed by atoms with E-state index in [-0.39, 0.29) is 18.2 Å². The number of nitrogens with one attached hydrogen (secondary N) is 1. The Balaban J connectivity index is 2.63. The zero-order valence-corrected chi connectivity index (χ0v) is 10.9. The maximum atomic E-state index is 9.32. The standard InChI is InChI=1S/C13H20ClNO/c1-13(2,3)15-12(9-16)8-10-5-4-6-11(14)7-10/h4-7,12,15-16H,8-9H2,1-3H3/t12-/m1/s1. The van der Waals surface area contributed by atoms with Gasteiger partial charge in [0.25, 0.3) is 0 Å². The van der Waals surface area contributed by atoms with E-state index in [1.54, 1.807) is 0 Å². The molecule has 0 spiro atoms. The van der Waals surface area contributed by atoms with E-state index in [0.29, 0.717) is 0 Å². The molecule has 2 N–H and O–H groups in total. The lowest BCUT2D eigenvalue weighted by Crippen LogP contribution is -2.46. The van der Waals surface area contributed by atoms with Crippen LogP contribution in [0, 0.1) is 0 Å². The molecule has 1 aromatic rings. The molecule has 0 amide bonds. The zero-order valence-electron chi connectivity index (χ0n) is 10.1. The van der Waals surface area contributed by atoms with Gasteiger partial charge in [0.05, 0.1) is 6.61 Å². The summed E-state index contributed by atoms with van der Waals surface area (Å²) in [5.41, 5.74) is 1.15. The number of hydrogen-bond acceptors (Lipinski definition) is 2. The Kier molecular flexibility index (Phi) is 4.78. The van der Waals surface area contributed by atoms with Gasteiger partial charge in [0.2, 0.25) is 0 Å². The Labute approximate surface area is 103 Å². The lowest BCUT2D eigenvalue weighted by atomic mass is 10.0. The normalized spacial score (nSPS) is 13.8. The predicted octanol–water partition coefficient (Wildman–Crippen LogP) is 2.63. The summed E-state index contributed by atoms with van der Waals surface area (Å²) in [4.78, 5) is 0. The van der Waals surface area contributed by atoms with Gasteiger partial charge in [-0.3, -0.25) is 0 Å². The monoisotopic (exact) mass is 241 g/mol. The first-order valence-corrected chi connectivity index (χ1v) is 5.91. The van der Waals surface area contributed by atoms with Gasteiger partial charge < -0.3 is 10.4 Å². The highest BCUT2D eigenvalue weighted by molar-refractivity contribution is 6.30. The minimum absolute atomic E-state index is 0.00592. The molecule has 0 saturated heterocycles. The van der Waals surface area contributed by atoms with E-state index in [4.69, 9.17) is 11.6 Å². The molecule has 1 atom stereocenters. The van der Waals surface area contributed by atoms with Gasteiger partial charge in [-0.2, -0.15) is 0 Å². The molecule has 0 saturated carbocycles. The summed E-state index contributed by atoms with van der Waals surface area (Å²) in [7, 11) is 0. The number of benzene rings is 1. The maximum absolute atomic E-state index is 9.32. The summed E-state index contributed by atoms with van der Waals surface area (Å²) >= 11 is 5.92. The maximum Gasteiger partial charge on any atom is 0.0588 e. The first-order valence-electron chi connectivity index (χ1n) is 5.54. The Morgan fingerprint density at radius 1 is 1.38 bits per heavy atom. The van der Waals surface area contributed by atoms with Crippen molar-refractivity contribution in [1.82, 2.24) is 5.32 Å².